The van der Waals surface area contributed by atoms with Gasteiger partial charge in [0.15, 0.2) is 5.76 Å². The Hall–Kier alpha value is -3.18. The first-order valence-electron chi connectivity index (χ1n) is 9.68. The highest BCUT2D eigenvalue weighted by atomic mass is 32.1. The maximum atomic E-state index is 13.3. The van der Waals surface area contributed by atoms with E-state index in [1.807, 2.05) is 37.3 Å². The Bertz CT molecular complexity index is 1270. The van der Waals surface area contributed by atoms with Crippen molar-refractivity contribution in [1.82, 2.24) is 0 Å². The Morgan fingerprint density at radius 2 is 1.77 bits per heavy atom. The smallest absolute Gasteiger partial charge is 0.353 e. The van der Waals surface area contributed by atoms with E-state index in [0.717, 1.165) is 11.1 Å². The van der Waals surface area contributed by atoms with E-state index < -0.39 is 5.97 Å². The molecule has 0 fully saturated rings. The number of benzene rings is 2. The number of esters is 1. The van der Waals surface area contributed by atoms with E-state index in [2.05, 4.69) is 20.8 Å². The molecule has 0 unspecified atom stereocenters. The van der Waals surface area contributed by atoms with Gasteiger partial charge in [-0.05, 0) is 41.5 Å². The maximum absolute atomic E-state index is 13.3. The number of hydrogen-bond acceptors (Lipinski definition) is 5. The fourth-order valence-electron chi connectivity index (χ4n) is 3.23. The molecule has 0 radical (unpaired) electrons. The SMILES string of the molecule is Cc1ccc2oc(-c3ccc(C(C)(C)C)cc3)c(OC(=O)c3cccs3)c(=O)c2c1. The minimum absolute atomic E-state index is 0.00521. The molecule has 0 saturated heterocycles. The van der Waals surface area contributed by atoms with Crippen LogP contribution in [0.2, 0.25) is 0 Å². The van der Waals surface area contributed by atoms with Gasteiger partial charge in [0.05, 0.1) is 5.39 Å². The summed E-state index contributed by atoms with van der Waals surface area (Å²) in [6.07, 6.45) is 0. The molecule has 2 aromatic carbocycles. The Balaban J connectivity index is 1.89. The van der Waals surface area contributed by atoms with E-state index in [1.54, 1.807) is 29.6 Å². The molecule has 0 amide bonds. The van der Waals surface area contributed by atoms with Crippen LogP contribution < -0.4 is 10.2 Å². The van der Waals surface area contributed by atoms with Crippen molar-refractivity contribution in [2.75, 3.05) is 0 Å². The first-order valence-corrected chi connectivity index (χ1v) is 10.6. The third-order valence-corrected chi connectivity index (χ3v) is 5.78. The zero-order chi connectivity index (χ0) is 21.5. The summed E-state index contributed by atoms with van der Waals surface area (Å²) in [5, 5.41) is 2.17. The standard InChI is InChI=1S/C25H22O4S/c1-15-7-12-19-18(14-15)21(26)23(29-24(27)20-6-5-13-30-20)22(28-19)16-8-10-17(11-9-16)25(2,3)4/h5-14H,1-4H3. The van der Waals surface area contributed by atoms with Gasteiger partial charge in [0.1, 0.15) is 10.5 Å². The second-order valence-corrected chi connectivity index (χ2v) is 9.23. The topological polar surface area (TPSA) is 56.5 Å². The highest BCUT2D eigenvalue weighted by Crippen LogP contribution is 2.33. The van der Waals surface area contributed by atoms with Gasteiger partial charge in [-0.3, -0.25) is 4.79 Å². The van der Waals surface area contributed by atoms with Gasteiger partial charge in [-0.2, -0.15) is 0 Å². The molecule has 4 rings (SSSR count). The molecule has 0 bridgehead atoms. The minimum Gasteiger partial charge on any atom is -0.452 e. The third kappa shape index (κ3) is 3.81. The zero-order valence-electron chi connectivity index (χ0n) is 17.3. The molecule has 0 atom stereocenters. The molecule has 0 aliphatic rings. The number of rotatable bonds is 3. The Labute approximate surface area is 178 Å². The normalized spacial score (nSPS) is 11.6. The lowest BCUT2D eigenvalue weighted by atomic mass is 9.86. The fraction of sp³-hybridized carbons (Fsp3) is 0.200. The van der Waals surface area contributed by atoms with E-state index in [9.17, 15) is 9.59 Å². The molecule has 2 aromatic heterocycles. The van der Waals surface area contributed by atoms with E-state index in [0.29, 0.717) is 21.4 Å². The predicted molar refractivity (Wildman–Crippen MR) is 121 cm³/mol. The van der Waals surface area contributed by atoms with Crippen LogP contribution in [0.5, 0.6) is 5.75 Å². The number of ether oxygens (including phenoxy) is 1. The highest BCUT2D eigenvalue weighted by Gasteiger charge is 2.22. The van der Waals surface area contributed by atoms with Crippen molar-refractivity contribution in [3.63, 3.8) is 0 Å². The molecule has 5 heteroatoms. The monoisotopic (exact) mass is 418 g/mol. The lowest BCUT2D eigenvalue weighted by molar-refractivity contribution is 0.0736. The third-order valence-electron chi connectivity index (χ3n) is 4.93. The molecule has 0 spiro atoms. The lowest BCUT2D eigenvalue weighted by Gasteiger charge is -2.19. The predicted octanol–water partition coefficient (Wildman–Crippen LogP) is 6.35. The molecule has 30 heavy (non-hydrogen) atoms. The molecule has 0 aliphatic heterocycles. The Kier molecular flexibility index (Phi) is 5.08. The van der Waals surface area contributed by atoms with Crippen LogP contribution in [0.4, 0.5) is 0 Å². The molecule has 4 aromatic rings. The summed E-state index contributed by atoms with van der Waals surface area (Å²) < 4.78 is 11.7. The Morgan fingerprint density at radius 3 is 2.40 bits per heavy atom. The van der Waals surface area contributed by atoms with Gasteiger partial charge in [0.2, 0.25) is 11.2 Å². The molecule has 0 N–H and O–H groups in total. The van der Waals surface area contributed by atoms with Gasteiger partial charge < -0.3 is 9.15 Å². The van der Waals surface area contributed by atoms with Crippen molar-refractivity contribution in [3.05, 3.63) is 86.2 Å². The largest absolute Gasteiger partial charge is 0.452 e. The van der Waals surface area contributed by atoms with Crippen LogP contribution in [-0.2, 0) is 5.41 Å². The first-order chi connectivity index (χ1) is 14.2. The summed E-state index contributed by atoms with van der Waals surface area (Å²) in [5.41, 5.74) is 2.84. The van der Waals surface area contributed by atoms with Crippen molar-refractivity contribution in [2.24, 2.45) is 0 Å². The van der Waals surface area contributed by atoms with Crippen LogP contribution in [0.1, 0.15) is 41.6 Å². The van der Waals surface area contributed by atoms with Gasteiger partial charge in [0.25, 0.3) is 0 Å². The molecule has 2 heterocycles. The van der Waals surface area contributed by atoms with Crippen LogP contribution in [0, 0.1) is 6.92 Å². The van der Waals surface area contributed by atoms with Gasteiger partial charge >= 0.3 is 5.97 Å². The van der Waals surface area contributed by atoms with E-state index >= 15 is 0 Å². The average Bonchev–Trinajstić information content (AvgIpc) is 3.25. The zero-order valence-corrected chi connectivity index (χ0v) is 18.1. The van der Waals surface area contributed by atoms with Crippen LogP contribution in [0.3, 0.4) is 0 Å². The Morgan fingerprint density at radius 1 is 1.03 bits per heavy atom. The van der Waals surface area contributed by atoms with Crippen LogP contribution >= 0.6 is 11.3 Å². The second kappa shape index (κ2) is 7.58. The van der Waals surface area contributed by atoms with E-state index in [-0.39, 0.29) is 22.4 Å². The second-order valence-electron chi connectivity index (χ2n) is 8.28. The molecule has 4 nitrogen and oxygen atoms in total. The van der Waals surface area contributed by atoms with Crippen molar-refractivity contribution in [3.8, 4) is 17.1 Å². The van der Waals surface area contributed by atoms with Crippen molar-refractivity contribution < 1.29 is 13.9 Å². The van der Waals surface area contributed by atoms with E-state index in [1.165, 1.54) is 11.3 Å². The molecular formula is C25H22O4S. The number of hydrogen-bond donors (Lipinski definition) is 0. The van der Waals surface area contributed by atoms with Crippen molar-refractivity contribution >= 4 is 28.3 Å². The molecule has 0 aliphatic carbocycles. The van der Waals surface area contributed by atoms with Gasteiger partial charge in [-0.25, -0.2) is 4.79 Å². The summed E-state index contributed by atoms with van der Waals surface area (Å²) in [6.45, 7) is 8.30. The van der Waals surface area contributed by atoms with E-state index in [4.69, 9.17) is 9.15 Å². The number of carbonyl (C=O) groups excluding carboxylic acids is 1. The molecule has 152 valence electrons. The summed E-state index contributed by atoms with van der Waals surface area (Å²) in [5.74, 6) is -0.409. The van der Waals surface area contributed by atoms with Crippen LogP contribution in [0.15, 0.2) is 69.2 Å². The molecule has 0 saturated carbocycles. The van der Waals surface area contributed by atoms with Gasteiger partial charge in [-0.1, -0.05) is 62.7 Å². The van der Waals surface area contributed by atoms with Crippen LogP contribution in [0.25, 0.3) is 22.3 Å². The number of aryl methyl sites for hydroxylation is 1. The summed E-state index contributed by atoms with van der Waals surface area (Å²) in [4.78, 5) is 26.3. The number of thiophene rings is 1. The quantitative estimate of drug-likeness (QED) is 0.364. The van der Waals surface area contributed by atoms with Crippen LogP contribution in [-0.4, -0.2) is 5.97 Å². The summed E-state index contributed by atoms with van der Waals surface area (Å²) in [6, 6.07) is 16.6. The number of carbonyl (C=O) groups is 1. The van der Waals surface area contributed by atoms with Crippen molar-refractivity contribution in [1.29, 1.82) is 0 Å². The fourth-order valence-corrected chi connectivity index (χ4v) is 3.83. The van der Waals surface area contributed by atoms with Gasteiger partial charge in [-0.15, -0.1) is 11.3 Å². The number of fused-ring (bicyclic) bond motifs is 1. The molecular weight excluding hydrogens is 396 g/mol. The van der Waals surface area contributed by atoms with Crippen molar-refractivity contribution in [2.45, 2.75) is 33.1 Å². The lowest BCUT2D eigenvalue weighted by Crippen LogP contribution is -2.15. The summed E-state index contributed by atoms with van der Waals surface area (Å²) in [7, 11) is 0. The van der Waals surface area contributed by atoms with Gasteiger partial charge in [0, 0.05) is 5.56 Å². The summed E-state index contributed by atoms with van der Waals surface area (Å²) >= 11 is 1.26. The maximum Gasteiger partial charge on any atom is 0.353 e. The average molecular weight is 419 g/mol. The highest BCUT2D eigenvalue weighted by molar-refractivity contribution is 7.12. The minimum atomic E-state index is -0.572. The first kappa shape index (κ1) is 20.1.